The molecule has 0 unspecified atom stereocenters. The molecule has 0 saturated heterocycles. The highest BCUT2D eigenvalue weighted by molar-refractivity contribution is 5.44. The van der Waals surface area contributed by atoms with E-state index in [0.29, 0.717) is 6.54 Å². The van der Waals surface area contributed by atoms with Gasteiger partial charge in [-0.25, -0.2) is 4.98 Å². The summed E-state index contributed by atoms with van der Waals surface area (Å²) in [4.78, 5) is 6.93. The Hall–Kier alpha value is -1.87. The molecule has 0 bridgehead atoms. The first-order chi connectivity index (χ1) is 9.86. The van der Waals surface area contributed by atoms with Crippen molar-refractivity contribution in [3.8, 4) is 0 Å². The highest BCUT2D eigenvalue weighted by atomic mass is 16.3. The van der Waals surface area contributed by atoms with Crippen LogP contribution < -0.4 is 4.90 Å². The second kappa shape index (κ2) is 6.06. The lowest BCUT2D eigenvalue weighted by Crippen LogP contribution is -2.27. The predicted molar refractivity (Wildman–Crippen MR) is 80.8 cm³/mol. The van der Waals surface area contributed by atoms with Crippen LogP contribution in [0.15, 0.2) is 42.5 Å². The molecule has 2 aromatic rings. The first-order valence-corrected chi connectivity index (χ1v) is 7.25. The van der Waals surface area contributed by atoms with Gasteiger partial charge in [-0.3, -0.25) is 0 Å². The van der Waals surface area contributed by atoms with E-state index in [4.69, 9.17) is 4.98 Å². The smallest absolute Gasteiger partial charge is 0.129 e. The van der Waals surface area contributed by atoms with Gasteiger partial charge in [0.25, 0.3) is 0 Å². The van der Waals surface area contributed by atoms with E-state index in [1.165, 1.54) is 23.2 Å². The van der Waals surface area contributed by atoms with Gasteiger partial charge in [0.05, 0.1) is 6.61 Å². The highest BCUT2D eigenvalue weighted by Crippen LogP contribution is 2.24. The van der Waals surface area contributed by atoms with Gasteiger partial charge in [0.2, 0.25) is 0 Å². The number of nitrogens with zero attached hydrogens (tertiary/aromatic N) is 2. The molecule has 0 aliphatic heterocycles. The third-order valence-corrected chi connectivity index (χ3v) is 3.82. The van der Waals surface area contributed by atoms with Crippen LogP contribution in [0.2, 0.25) is 0 Å². The molecule has 1 aliphatic carbocycles. The van der Waals surface area contributed by atoms with Crippen LogP contribution in [0.1, 0.15) is 23.2 Å². The second-order valence-electron chi connectivity index (χ2n) is 5.26. The molecule has 3 rings (SSSR count). The Balaban J connectivity index is 1.83. The van der Waals surface area contributed by atoms with Crippen molar-refractivity contribution in [2.45, 2.75) is 25.8 Å². The Bertz CT molecular complexity index is 568. The van der Waals surface area contributed by atoms with Gasteiger partial charge in [-0.2, -0.15) is 0 Å². The summed E-state index contributed by atoms with van der Waals surface area (Å²) in [6.45, 7) is 1.54. The van der Waals surface area contributed by atoms with E-state index < -0.39 is 0 Å². The molecule has 0 saturated carbocycles. The molecule has 1 N–H and O–H groups in total. The number of pyridine rings is 1. The summed E-state index contributed by atoms with van der Waals surface area (Å²) in [6, 6.07) is 14.6. The van der Waals surface area contributed by atoms with Crippen molar-refractivity contribution in [3.63, 3.8) is 0 Å². The SMILES string of the molecule is OCCN(Cc1ccccc1)c1ccc2c(n1)CCC2. The Morgan fingerprint density at radius 3 is 2.70 bits per heavy atom. The zero-order valence-electron chi connectivity index (χ0n) is 11.6. The number of aliphatic hydroxyl groups excluding tert-OH is 1. The molecule has 0 amide bonds. The minimum Gasteiger partial charge on any atom is -0.395 e. The van der Waals surface area contributed by atoms with E-state index in [-0.39, 0.29) is 6.61 Å². The lowest BCUT2D eigenvalue weighted by atomic mass is 10.2. The van der Waals surface area contributed by atoms with Gasteiger partial charge in [0.15, 0.2) is 0 Å². The van der Waals surface area contributed by atoms with Crippen LogP contribution in [-0.4, -0.2) is 23.2 Å². The molecule has 1 aliphatic rings. The van der Waals surface area contributed by atoms with E-state index in [0.717, 1.165) is 25.2 Å². The first kappa shape index (κ1) is 13.1. The average molecular weight is 268 g/mol. The quantitative estimate of drug-likeness (QED) is 0.905. The number of hydrogen-bond donors (Lipinski definition) is 1. The number of aliphatic hydroxyl groups is 1. The number of aromatic nitrogens is 1. The summed E-state index contributed by atoms with van der Waals surface area (Å²) in [6.07, 6.45) is 3.45. The number of rotatable bonds is 5. The van der Waals surface area contributed by atoms with Gasteiger partial charge >= 0.3 is 0 Å². The van der Waals surface area contributed by atoms with Crippen LogP contribution in [0.25, 0.3) is 0 Å². The predicted octanol–water partition coefficient (Wildman–Crippen LogP) is 2.57. The lowest BCUT2D eigenvalue weighted by molar-refractivity contribution is 0.301. The van der Waals surface area contributed by atoms with Crippen molar-refractivity contribution >= 4 is 5.82 Å². The number of fused-ring (bicyclic) bond motifs is 1. The standard InChI is InChI=1S/C17H20N2O/c20-12-11-19(13-14-5-2-1-3-6-14)17-10-9-15-7-4-8-16(15)18-17/h1-3,5-6,9-10,20H,4,7-8,11-13H2. The van der Waals surface area contributed by atoms with Gasteiger partial charge in [0, 0.05) is 18.8 Å². The van der Waals surface area contributed by atoms with Crippen LogP contribution in [0, 0.1) is 0 Å². The molecule has 0 radical (unpaired) electrons. The van der Waals surface area contributed by atoms with Crippen molar-refractivity contribution in [2.75, 3.05) is 18.1 Å². The van der Waals surface area contributed by atoms with Gasteiger partial charge in [0.1, 0.15) is 5.82 Å². The van der Waals surface area contributed by atoms with E-state index >= 15 is 0 Å². The summed E-state index contributed by atoms with van der Waals surface area (Å²) >= 11 is 0. The largest absolute Gasteiger partial charge is 0.395 e. The van der Waals surface area contributed by atoms with Crippen LogP contribution in [0.4, 0.5) is 5.82 Å². The topological polar surface area (TPSA) is 36.4 Å². The fourth-order valence-electron chi connectivity index (χ4n) is 2.78. The summed E-state index contributed by atoms with van der Waals surface area (Å²) in [5.74, 6) is 0.976. The summed E-state index contributed by atoms with van der Waals surface area (Å²) in [5, 5.41) is 9.30. The molecule has 3 heteroatoms. The van der Waals surface area contributed by atoms with Gasteiger partial charge < -0.3 is 10.0 Å². The zero-order valence-corrected chi connectivity index (χ0v) is 11.6. The van der Waals surface area contributed by atoms with Crippen molar-refractivity contribution < 1.29 is 5.11 Å². The van der Waals surface area contributed by atoms with Gasteiger partial charge in [-0.05, 0) is 36.5 Å². The number of benzene rings is 1. The number of hydrogen-bond acceptors (Lipinski definition) is 3. The van der Waals surface area contributed by atoms with E-state index in [2.05, 4.69) is 29.2 Å². The zero-order chi connectivity index (χ0) is 13.8. The Morgan fingerprint density at radius 2 is 1.90 bits per heavy atom. The van der Waals surface area contributed by atoms with E-state index in [1.54, 1.807) is 0 Å². The lowest BCUT2D eigenvalue weighted by Gasteiger charge is -2.23. The fourth-order valence-corrected chi connectivity index (χ4v) is 2.78. The van der Waals surface area contributed by atoms with Crippen LogP contribution in [0.3, 0.4) is 0 Å². The van der Waals surface area contributed by atoms with Crippen molar-refractivity contribution in [1.82, 2.24) is 4.98 Å². The minimum absolute atomic E-state index is 0.144. The van der Waals surface area contributed by atoms with Crippen molar-refractivity contribution in [1.29, 1.82) is 0 Å². The molecular formula is C17H20N2O. The minimum atomic E-state index is 0.144. The fraction of sp³-hybridized carbons (Fsp3) is 0.353. The molecule has 1 aromatic carbocycles. The highest BCUT2D eigenvalue weighted by Gasteiger charge is 2.15. The maximum Gasteiger partial charge on any atom is 0.129 e. The molecule has 0 spiro atoms. The third kappa shape index (κ3) is 2.83. The van der Waals surface area contributed by atoms with Gasteiger partial charge in [-0.15, -0.1) is 0 Å². The Kier molecular flexibility index (Phi) is 3.97. The average Bonchev–Trinajstić information content (AvgIpc) is 2.95. The van der Waals surface area contributed by atoms with Crippen molar-refractivity contribution in [3.05, 3.63) is 59.3 Å². The Morgan fingerprint density at radius 1 is 1.05 bits per heavy atom. The van der Waals surface area contributed by atoms with Crippen molar-refractivity contribution in [2.24, 2.45) is 0 Å². The normalized spacial score (nSPS) is 13.2. The van der Waals surface area contributed by atoms with Crippen LogP contribution in [-0.2, 0) is 19.4 Å². The summed E-state index contributed by atoms with van der Waals surface area (Å²) in [7, 11) is 0. The summed E-state index contributed by atoms with van der Waals surface area (Å²) in [5.41, 5.74) is 3.86. The molecule has 1 heterocycles. The Labute approximate surface area is 119 Å². The molecule has 20 heavy (non-hydrogen) atoms. The maximum absolute atomic E-state index is 9.30. The molecule has 3 nitrogen and oxygen atoms in total. The summed E-state index contributed by atoms with van der Waals surface area (Å²) < 4.78 is 0. The second-order valence-corrected chi connectivity index (χ2v) is 5.26. The van der Waals surface area contributed by atoms with Gasteiger partial charge in [-0.1, -0.05) is 36.4 Å². The molecule has 0 fully saturated rings. The van der Waals surface area contributed by atoms with Crippen LogP contribution in [0.5, 0.6) is 0 Å². The molecular weight excluding hydrogens is 248 g/mol. The first-order valence-electron chi connectivity index (χ1n) is 7.25. The monoisotopic (exact) mass is 268 g/mol. The van der Waals surface area contributed by atoms with Crippen LogP contribution >= 0.6 is 0 Å². The van der Waals surface area contributed by atoms with E-state index in [1.807, 2.05) is 18.2 Å². The number of anilines is 1. The molecule has 1 aromatic heterocycles. The third-order valence-electron chi connectivity index (χ3n) is 3.82. The molecule has 104 valence electrons. The molecule has 0 atom stereocenters. The van der Waals surface area contributed by atoms with E-state index in [9.17, 15) is 5.11 Å². The number of aryl methyl sites for hydroxylation is 2. The maximum atomic E-state index is 9.30.